The molecule has 2 aromatic carbocycles. The zero-order valence-corrected chi connectivity index (χ0v) is 21.3. The lowest BCUT2D eigenvalue weighted by Crippen LogP contribution is -2.16. The number of benzene rings is 2. The van der Waals surface area contributed by atoms with Gasteiger partial charge in [0.1, 0.15) is 5.00 Å². The summed E-state index contributed by atoms with van der Waals surface area (Å²) in [4.78, 5) is 32.4. The van der Waals surface area contributed by atoms with Crippen molar-refractivity contribution in [3.63, 3.8) is 0 Å². The number of carbonyl (C=O) groups is 2. The zero-order chi connectivity index (χ0) is 24.5. The second-order valence-corrected chi connectivity index (χ2v) is 10.2. The molecule has 0 atom stereocenters. The molecular weight excluding hydrogens is 503 g/mol. The molecule has 35 heavy (non-hydrogen) atoms. The topological polar surface area (TPSA) is 68.3 Å². The van der Waals surface area contributed by atoms with Crippen LogP contribution in [0.4, 0.5) is 5.00 Å². The van der Waals surface area contributed by atoms with E-state index in [2.05, 4.69) is 5.32 Å². The van der Waals surface area contributed by atoms with E-state index in [0.717, 1.165) is 41.7 Å². The maximum absolute atomic E-state index is 13.6. The van der Waals surface area contributed by atoms with Gasteiger partial charge in [0.25, 0.3) is 5.91 Å². The lowest BCUT2D eigenvalue weighted by atomic mass is 9.95. The van der Waals surface area contributed by atoms with Crippen molar-refractivity contribution in [2.24, 2.45) is 0 Å². The van der Waals surface area contributed by atoms with E-state index in [1.807, 2.05) is 30.3 Å². The van der Waals surface area contributed by atoms with Crippen molar-refractivity contribution in [3.05, 3.63) is 80.1 Å². The van der Waals surface area contributed by atoms with Gasteiger partial charge in [-0.1, -0.05) is 47.5 Å². The van der Waals surface area contributed by atoms with Crippen LogP contribution >= 0.6 is 34.5 Å². The summed E-state index contributed by atoms with van der Waals surface area (Å²) in [7, 11) is 0. The Morgan fingerprint density at radius 1 is 1.06 bits per heavy atom. The SMILES string of the molecule is CCOC(=O)c1c(NC(=O)c2cc(-c3ccc(Cl)c(Cl)c3)nc3ccccc23)sc2c1CCCC2. The molecule has 0 saturated heterocycles. The summed E-state index contributed by atoms with van der Waals surface area (Å²) in [6, 6.07) is 14.5. The van der Waals surface area contributed by atoms with E-state index in [-0.39, 0.29) is 12.5 Å². The number of rotatable bonds is 5. The van der Waals surface area contributed by atoms with Gasteiger partial charge in [-0.15, -0.1) is 11.3 Å². The number of aromatic nitrogens is 1. The van der Waals surface area contributed by atoms with Crippen LogP contribution in [0.5, 0.6) is 0 Å². The zero-order valence-electron chi connectivity index (χ0n) is 19.0. The first-order valence-electron chi connectivity index (χ1n) is 11.4. The molecule has 0 radical (unpaired) electrons. The van der Waals surface area contributed by atoms with Crippen molar-refractivity contribution >= 4 is 62.3 Å². The normalized spacial score (nSPS) is 12.9. The number of anilines is 1. The highest BCUT2D eigenvalue weighted by molar-refractivity contribution is 7.17. The van der Waals surface area contributed by atoms with E-state index in [4.69, 9.17) is 32.9 Å². The maximum atomic E-state index is 13.6. The highest BCUT2D eigenvalue weighted by Gasteiger charge is 2.28. The summed E-state index contributed by atoms with van der Waals surface area (Å²) in [6.45, 7) is 2.06. The van der Waals surface area contributed by atoms with Crippen LogP contribution in [0.15, 0.2) is 48.5 Å². The van der Waals surface area contributed by atoms with Crippen molar-refractivity contribution in [3.8, 4) is 11.3 Å². The average molecular weight is 525 g/mol. The highest BCUT2D eigenvalue weighted by Crippen LogP contribution is 2.39. The molecule has 0 aliphatic heterocycles. The summed E-state index contributed by atoms with van der Waals surface area (Å²) in [5.41, 5.74) is 3.98. The van der Waals surface area contributed by atoms with Gasteiger partial charge in [-0.05, 0) is 62.4 Å². The fraction of sp³-hybridized carbons (Fsp3) is 0.222. The van der Waals surface area contributed by atoms with E-state index in [1.54, 1.807) is 25.1 Å². The van der Waals surface area contributed by atoms with Crippen LogP contribution in [0.25, 0.3) is 22.2 Å². The number of esters is 1. The summed E-state index contributed by atoms with van der Waals surface area (Å²) in [6.07, 6.45) is 3.81. The minimum atomic E-state index is -0.390. The van der Waals surface area contributed by atoms with Crippen molar-refractivity contribution < 1.29 is 14.3 Å². The molecule has 5 rings (SSSR count). The van der Waals surface area contributed by atoms with E-state index < -0.39 is 5.97 Å². The van der Waals surface area contributed by atoms with Gasteiger partial charge in [-0.3, -0.25) is 4.79 Å². The minimum absolute atomic E-state index is 0.277. The lowest BCUT2D eigenvalue weighted by molar-refractivity contribution is 0.0526. The molecule has 8 heteroatoms. The van der Waals surface area contributed by atoms with E-state index >= 15 is 0 Å². The standard InChI is InChI=1S/C27H22Cl2N2O3S/c1-2-34-27(33)24-17-8-4-6-10-23(17)35-26(24)31-25(32)18-14-22(15-11-12-19(28)20(29)13-15)30-21-9-5-3-7-16(18)21/h3,5,7,9,11-14H,2,4,6,8,10H2,1H3,(H,31,32). The number of halogens is 2. The minimum Gasteiger partial charge on any atom is -0.462 e. The first-order valence-corrected chi connectivity index (χ1v) is 13.0. The Kier molecular flexibility index (Phi) is 6.78. The van der Waals surface area contributed by atoms with Gasteiger partial charge in [0.15, 0.2) is 0 Å². The van der Waals surface area contributed by atoms with Crippen LogP contribution in [-0.4, -0.2) is 23.5 Å². The third-order valence-corrected chi connectivity index (χ3v) is 8.00. The number of pyridine rings is 1. The molecule has 0 bridgehead atoms. The third-order valence-electron chi connectivity index (χ3n) is 6.05. The fourth-order valence-corrected chi connectivity index (χ4v) is 5.98. The van der Waals surface area contributed by atoms with Gasteiger partial charge < -0.3 is 10.1 Å². The van der Waals surface area contributed by atoms with Crippen LogP contribution < -0.4 is 5.32 Å². The number of amides is 1. The molecule has 178 valence electrons. The summed E-state index contributed by atoms with van der Waals surface area (Å²) in [5, 5.41) is 5.13. The molecule has 2 heterocycles. The molecular formula is C27H22Cl2N2O3S. The molecule has 1 N–H and O–H groups in total. The number of fused-ring (bicyclic) bond motifs is 2. The molecule has 5 nitrogen and oxygen atoms in total. The molecule has 1 amide bonds. The first-order chi connectivity index (χ1) is 17.0. The number of hydrogen-bond acceptors (Lipinski definition) is 5. The largest absolute Gasteiger partial charge is 0.462 e. The summed E-state index contributed by atoms with van der Waals surface area (Å²) >= 11 is 13.8. The predicted molar refractivity (Wildman–Crippen MR) is 142 cm³/mol. The van der Waals surface area contributed by atoms with Crippen molar-refractivity contribution in [2.45, 2.75) is 32.6 Å². The number of thiophene rings is 1. The Labute approximate surface area is 217 Å². The second-order valence-electron chi connectivity index (χ2n) is 8.29. The molecule has 0 unspecified atom stereocenters. The van der Waals surface area contributed by atoms with Crippen LogP contribution in [0, 0.1) is 0 Å². The number of carbonyl (C=O) groups excluding carboxylic acids is 2. The van der Waals surface area contributed by atoms with E-state index in [1.165, 1.54) is 11.3 Å². The monoisotopic (exact) mass is 524 g/mol. The van der Waals surface area contributed by atoms with Crippen molar-refractivity contribution in [2.75, 3.05) is 11.9 Å². The maximum Gasteiger partial charge on any atom is 0.341 e. The fourth-order valence-electron chi connectivity index (χ4n) is 4.41. The van der Waals surface area contributed by atoms with Crippen LogP contribution in [-0.2, 0) is 17.6 Å². The van der Waals surface area contributed by atoms with E-state index in [0.29, 0.717) is 42.8 Å². The predicted octanol–water partition coefficient (Wildman–Crippen LogP) is 7.58. The molecule has 0 spiro atoms. The second kappa shape index (κ2) is 9.97. The van der Waals surface area contributed by atoms with Crippen LogP contribution in [0.1, 0.15) is 50.9 Å². The number of nitrogens with zero attached hydrogens (tertiary/aromatic N) is 1. The van der Waals surface area contributed by atoms with Crippen molar-refractivity contribution in [1.82, 2.24) is 4.98 Å². The lowest BCUT2D eigenvalue weighted by Gasteiger charge is -2.13. The van der Waals surface area contributed by atoms with Crippen molar-refractivity contribution in [1.29, 1.82) is 0 Å². The Balaban J connectivity index is 1.58. The Morgan fingerprint density at radius 2 is 1.86 bits per heavy atom. The Bertz CT molecular complexity index is 1460. The van der Waals surface area contributed by atoms with E-state index in [9.17, 15) is 9.59 Å². The number of ether oxygens (including phenoxy) is 1. The Morgan fingerprint density at radius 3 is 2.66 bits per heavy atom. The highest BCUT2D eigenvalue weighted by atomic mass is 35.5. The van der Waals surface area contributed by atoms with Gasteiger partial charge >= 0.3 is 5.97 Å². The molecule has 4 aromatic rings. The molecule has 1 aliphatic carbocycles. The van der Waals surface area contributed by atoms with Gasteiger partial charge in [0, 0.05) is 15.8 Å². The van der Waals surface area contributed by atoms with Crippen LogP contribution in [0.3, 0.4) is 0 Å². The number of para-hydroxylation sites is 1. The Hall–Kier alpha value is -2.93. The van der Waals surface area contributed by atoms with Gasteiger partial charge in [-0.25, -0.2) is 9.78 Å². The average Bonchev–Trinajstić information content (AvgIpc) is 3.23. The number of nitrogens with one attached hydrogen (secondary N) is 1. The third kappa shape index (κ3) is 4.66. The first kappa shape index (κ1) is 23.8. The number of aryl methyl sites for hydroxylation is 1. The summed E-state index contributed by atoms with van der Waals surface area (Å²) in [5.74, 6) is -0.702. The number of hydrogen-bond donors (Lipinski definition) is 1. The summed E-state index contributed by atoms with van der Waals surface area (Å²) < 4.78 is 5.33. The molecule has 0 saturated carbocycles. The quantitative estimate of drug-likeness (QED) is 0.273. The molecule has 2 aromatic heterocycles. The smallest absolute Gasteiger partial charge is 0.341 e. The van der Waals surface area contributed by atoms with Crippen LogP contribution in [0.2, 0.25) is 10.0 Å². The molecule has 0 fully saturated rings. The van der Waals surface area contributed by atoms with Gasteiger partial charge in [0.05, 0.1) is 39.0 Å². The van der Waals surface area contributed by atoms with Gasteiger partial charge in [0.2, 0.25) is 0 Å². The van der Waals surface area contributed by atoms with Gasteiger partial charge in [-0.2, -0.15) is 0 Å². The molecule has 1 aliphatic rings.